The molecule has 3 heteroatoms. The van der Waals surface area contributed by atoms with Gasteiger partial charge >= 0.3 is 0 Å². The fourth-order valence-electron chi connectivity index (χ4n) is 4.06. The Morgan fingerprint density at radius 3 is 2.43 bits per heavy atom. The van der Waals surface area contributed by atoms with E-state index in [4.69, 9.17) is 9.47 Å². The third-order valence-corrected chi connectivity index (χ3v) is 6.60. The highest BCUT2D eigenvalue weighted by molar-refractivity contribution is 9.09. The topological polar surface area (TPSA) is 18.5 Å². The molecular weight excluding hydrogens is 352 g/mol. The molecule has 1 aliphatic carbocycles. The van der Waals surface area contributed by atoms with E-state index in [1.165, 1.54) is 31.2 Å². The zero-order valence-corrected chi connectivity index (χ0v) is 15.9. The van der Waals surface area contributed by atoms with Gasteiger partial charge in [-0.15, -0.1) is 0 Å². The predicted molar refractivity (Wildman–Crippen MR) is 98.5 cm³/mol. The van der Waals surface area contributed by atoms with Crippen LogP contribution in [0.2, 0.25) is 0 Å². The molecule has 0 bridgehead atoms. The third kappa shape index (κ3) is 4.30. The van der Waals surface area contributed by atoms with E-state index >= 15 is 0 Å². The van der Waals surface area contributed by atoms with Crippen LogP contribution in [0.25, 0.3) is 0 Å². The van der Waals surface area contributed by atoms with Crippen LogP contribution in [-0.2, 0) is 4.74 Å². The van der Waals surface area contributed by atoms with Crippen LogP contribution in [0.3, 0.4) is 0 Å². The summed E-state index contributed by atoms with van der Waals surface area (Å²) in [5, 5.41) is 0. The van der Waals surface area contributed by atoms with Gasteiger partial charge in [0, 0.05) is 10.7 Å². The highest BCUT2D eigenvalue weighted by Gasteiger charge is 2.35. The van der Waals surface area contributed by atoms with Crippen LogP contribution in [0, 0.1) is 11.8 Å². The van der Waals surface area contributed by atoms with Gasteiger partial charge in [0.25, 0.3) is 0 Å². The van der Waals surface area contributed by atoms with Crippen molar-refractivity contribution in [2.24, 2.45) is 11.8 Å². The standard InChI is InChI=1S/C20H29BrO2/c1-3-22-17-10-8-15(9-11-17)18-13-23-20(12-19(18)21)16-6-4-14(2)5-7-16/h8-11,14,16,18-20H,3-7,12-13H2,1-2H3. The van der Waals surface area contributed by atoms with Crippen LogP contribution < -0.4 is 4.74 Å². The molecule has 0 N–H and O–H groups in total. The summed E-state index contributed by atoms with van der Waals surface area (Å²) in [5.41, 5.74) is 1.35. The van der Waals surface area contributed by atoms with Gasteiger partial charge in [0.1, 0.15) is 5.75 Å². The molecule has 128 valence electrons. The maximum absolute atomic E-state index is 6.31. The molecule has 1 aliphatic heterocycles. The molecule has 3 rings (SSSR count). The molecule has 2 fully saturated rings. The van der Waals surface area contributed by atoms with Gasteiger partial charge in [0.2, 0.25) is 0 Å². The van der Waals surface area contributed by atoms with Gasteiger partial charge < -0.3 is 9.47 Å². The van der Waals surface area contributed by atoms with Crippen molar-refractivity contribution in [3.8, 4) is 5.75 Å². The molecule has 2 aliphatic rings. The SMILES string of the molecule is CCOc1ccc(C2COC(C3CCC(C)CC3)CC2Br)cc1. The zero-order chi connectivity index (χ0) is 16.2. The Bertz CT molecular complexity index is 479. The van der Waals surface area contributed by atoms with E-state index in [0.717, 1.165) is 30.6 Å². The summed E-state index contributed by atoms with van der Waals surface area (Å²) in [6.07, 6.45) is 7.03. The Balaban J connectivity index is 1.58. The molecule has 1 heterocycles. The maximum Gasteiger partial charge on any atom is 0.119 e. The van der Waals surface area contributed by atoms with Gasteiger partial charge in [-0.2, -0.15) is 0 Å². The number of hydrogen-bond donors (Lipinski definition) is 0. The lowest BCUT2D eigenvalue weighted by molar-refractivity contribution is -0.0393. The van der Waals surface area contributed by atoms with Crippen molar-refractivity contribution < 1.29 is 9.47 Å². The van der Waals surface area contributed by atoms with Crippen molar-refractivity contribution in [3.63, 3.8) is 0 Å². The van der Waals surface area contributed by atoms with Gasteiger partial charge in [0.05, 0.1) is 19.3 Å². The number of benzene rings is 1. The molecule has 1 aromatic carbocycles. The lowest BCUT2D eigenvalue weighted by Gasteiger charge is -2.39. The highest BCUT2D eigenvalue weighted by Crippen LogP contribution is 2.40. The minimum absolute atomic E-state index is 0.449. The molecular formula is C20H29BrO2. The van der Waals surface area contributed by atoms with E-state index < -0.39 is 0 Å². The summed E-state index contributed by atoms with van der Waals surface area (Å²) in [6.45, 7) is 5.95. The van der Waals surface area contributed by atoms with Crippen molar-refractivity contribution in [1.29, 1.82) is 0 Å². The van der Waals surface area contributed by atoms with E-state index in [1.807, 2.05) is 6.92 Å². The van der Waals surface area contributed by atoms with Gasteiger partial charge in [-0.1, -0.05) is 47.8 Å². The van der Waals surface area contributed by atoms with E-state index in [-0.39, 0.29) is 0 Å². The number of ether oxygens (including phenoxy) is 2. The van der Waals surface area contributed by atoms with Crippen molar-refractivity contribution >= 4 is 15.9 Å². The van der Waals surface area contributed by atoms with Crippen LogP contribution in [0.5, 0.6) is 5.75 Å². The minimum Gasteiger partial charge on any atom is -0.494 e. The summed E-state index contributed by atoms with van der Waals surface area (Å²) in [4.78, 5) is 0.513. The third-order valence-electron chi connectivity index (χ3n) is 5.59. The van der Waals surface area contributed by atoms with E-state index in [2.05, 4.69) is 47.1 Å². The van der Waals surface area contributed by atoms with Crippen LogP contribution >= 0.6 is 15.9 Å². The summed E-state index contributed by atoms with van der Waals surface area (Å²) in [5.74, 6) is 3.08. The summed E-state index contributed by atoms with van der Waals surface area (Å²) < 4.78 is 11.8. The van der Waals surface area contributed by atoms with E-state index in [1.54, 1.807) is 0 Å². The fourth-order valence-corrected chi connectivity index (χ4v) is 4.88. The normalized spacial score (nSPS) is 35.0. The molecule has 1 saturated heterocycles. The van der Waals surface area contributed by atoms with Crippen molar-refractivity contribution in [1.82, 2.24) is 0 Å². The van der Waals surface area contributed by atoms with Crippen molar-refractivity contribution in [3.05, 3.63) is 29.8 Å². The minimum atomic E-state index is 0.449. The quantitative estimate of drug-likeness (QED) is 0.637. The second-order valence-corrected chi connectivity index (χ2v) is 8.43. The smallest absolute Gasteiger partial charge is 0.119 e. The van der Waals surface area contributed by atoms with Gasteiger partial charge in [0.15, 0.2) is 0 Å². The number of rotatable bonds is 4. The maximum atomic E-state index is 6.31. The molecule has 0 spiro atoms. The summed E-state index contributed by atoms with van der Waals surface area (Å²) in [6, 6.07) is 8.53. The Labute approximate surface area is 149 Å². The average Bonchev–Trinajstić information content (AvgIpc) is 2.57. The Kier molecular flexibility index (Phi) is 6.03. The molecule has 1 saturated carbocycles. The average molecular weight is 381 g/mol. The molecule has 3 unspecified atom stereocenters. The summed E-state index contributed by atoms with van der Waals surface area (Å²) >= 11 is 3.95. The monoisotopic (exact) mass is 380 g/mol. The summed E-state index contributed by atoms with van der Waals surface area (Å²) in [7, 11) is 0. The molecule has 23 heavy (non-hydrogen) atoms. The van der Waals surface area contributed by atoms with Crippen molar-refractivity contribution in [2.75, 3.05) is 13.2 Å². The van der Waals surface area contributed by atoms with Crippen molar-refractivity contribution in [2.45, 2.75) is 62.8 Å². The van der Waals surface area contributed by atoms with Gasteiger partial charge in [-0.05, 0) is 55.7 Å². The van der Waals surface area contributed by atoms with E-state index in [0.29, 0.717) is 23.5 Å². The number of hydrogen-bond acceptors (Lipinski definition) is 2. The molecule has 2 nitrogen and oxygen atoms in total. The molecule has 1 aromatic rings. The van der Waals surface area contributed by atoms with Gasteiger partial charge in [-0.25, -0.2) is 0 Å². The Morgan fingerprint density at radius 2 is 1.83 bits per heavy atom. The predicted octanol–water partition coefficient (Wildman–Crippen LogP) is 5.55. The first kappa shape index (κ1) is 17.3. The van der Waals surface area contributed by atoms with Crippen LogP contribution in [0.1, 0.15) is 57.4 Å². The second kappa shape index (κ2) is 8.02. The molecule has 0 radical (unpaired) electrons. The number of alkyl halides is 1. The largest absolute Gasteiger partial charge is 0.494 e. The van der Waals surface area contributed by atoms with Crippen LogP contribution in [0.15, 0.2) is 24.3 Å². The Hall–Kier alpha value is -0.540. The molecule has 0 aromatic heterocycles. The zero-order valence-electron chi connectivity index (χ0n) is 14.3. The first-order valence-corrected chi connectivity index (χ1v) is 10.1. The lowest BCUT2D eigenvalue weighted by Crippen LogP contribution is -2.38. The highest BCUT2D eigenvalue weighted by atomic mass is 79.9. The van der Waals surface area contributed by atoms with Gasteiger partial charge in [-0.3, -0.25) is 0 Å². The second-order valence-electron chi connectivity index (χ2n) is 7.25. The first-order chi connectivity index (χ1) is 11.2. The first-order valence-electron chi connectivity index (χ1n) is 9.15. The molecule has 3 atom stereocenters. The van der Waals surface area contributed by atoms with Crippen LogP contribution in [0.4, 0.5) is 0 Å². The fraction of sp³-hybridized carbons (Fsp3) is 0.700. The van der Waals surface area contributed by atoms with E-state index in [9.17, 15) is 0 Å². The lowest BCUT2D eigenvalue weighted by atomic mass is 9.77. The Morgan fingerprint density at radius 1 is 1.13 bits per heavy atom. The molecule has 0 amide bonds. The number of halogens is 1. The van der Waals surface area contributed by atoms with Crippen LogP contribution in [-0.4, -0.2) is 24.1 Å².